The second-order valence-electron chi connectivity index (χ2n) is 4.00. The molecule has 0 spiro atoms. The molecular formula is C12H15BrFNO. The largest absolute Gasteiger partial charge is 0.377 e. The predicted octanol–water partition coefficient (Wildman–Crippen LogP) is 2.86. The molecular weight excluding hydrogens is 273 g/mol. The normalized spacial score (nSPS) is 20.2. The smallest absolute Gasteiger partial charge is 0.128 e. The second kappa shape index (κ2) is 5.75. The summed E-state index contributed by atoms with van der Waals surface area (Å²) in [6, 6.07) is 5.14. The summed E-state index contributed by atoms with van der Waals surface area (Å²) in [4.78, 5) is 0. The van der Waals surface area contributed by atoms with Gasteiger partial charge in [-0.15, -0.1) is 0 Å². The van der Waals surface area contributed by atoms with Gasteiger partial charge < -0.3 is 10.1 Å². The Balaban J connectivity index is 1.80. The van der Waals surface area contributed by atoms with Gasteiger partial charge in [0.15, 0.2) is 0 Å². The van der Waals surface area contributed by atoms with Crippen molar-refractivity contribution >= 4 is 15.9 Å². The van der Waals surface area contributed by atoms with Gasteiger partial charge in [0.2, 0.25) is 0 Å². The Bertz CT molecular complexity index is 353. The topological polar surface area (TPSA) is 21.3 Å². The van der Waals surface area contributed by atoms with E-state index in [1.807, 2.05) is 6.07 Å². The van der Waals surface area contributed by atoms with Gasteiger partial charge in [0.05, 0.1) is 6.10 Å². The van der Waals surface area contributed by atoms with Crippen molar-refractivity contribution in [1.82, 2.24) is 5.32 Å². The SMILES string of the molecule is Fc1cc(Br)ccc1CNCC1CCCO1. The van der Waals surface area contributed by atoms with Crippen LogP contribution in [0.2, 0.25) is 0 Å². The maximum Gasteiger partial charge on any atom is 0.128 e. The van der Waals surface area contributed by atoms with Crippen LogP contribution in [0.1, 0.15) is 18.4 Å². The molecule has 0 bridgehead atoms. The Kier molecular flexibility index (Phi) is 4.32. The van der Waals surface area contributed by atoms with E-state index >= 15 is 0 Å². The maximum atomic E-state index is 13.4. The van der Waals surface area contributed by atoms with Crippen molar-refractivity contribution in [2.45, 2.75) is 25.5 Å². The van der Waals surface area contributed by atoms with E-state index in [-0.39, 0.29) is 5.82 Å². The fraction of sp³-hybridized carbons (Fsp3) is 0.500. The Labute approximate surface area is 103 Å². The lowest BCUT2D eigenvalue weighted by Crippen LogP contribution is -2.26. The molecule has 1 aliphatic heterocycles. The van der Waals surface area contributed by atoms with Gasteiger partial charge in [0, 0.05) is 29.7 Å². The lowest BCUT2D eigenvalue weighted by Gasteiger charge is -2.11. The first-order valence-electron chi connectivity index (χ1n) is 5.52. The minimum absolute atomic E-state index is 0.172. The van der Waals surface area contributed by atoms with E-state index in [2.05, 4.69) is 21.2 Å². The molecule has 88 valence electrons. The van der Waals surface area contributed by atoms with Crippen LogP contribution in [0.5, 0.6) is 0 Å². The molecule has 2 rings (SSSR count). The van der Waals surface area contributed by atoms with E-state index < -0.39 is 0 Å². The Morgan fingerprint density at radius 2 is 2.38 bits per heavy atom. The molecule has 1 unspecified atom stereocenters. The number of nitrogens with one attached hydrogen (secondary N) is 1. The molecule has 2 nitrogen and oxygen atoms in total. The Morgan fingerprint density at radius 3 is 3.06 bits per heavy atom. The molecule has 1 aliphatic rings. The van der Waals surface area contributed by atoms with Crippen molar-refractivity contribution in [2.75, 3.05) is 13.2 Å². The van der Waals surface area contributed by atoms with E-state index in [1.54, 1.807) is 6.07 Å². The molecule has 1 N–H and O–H groups in total. The summed E-state index contributed by atoms with van der Waals surface area (Å²) in [6.45, 7) is 2.22. The minimum atomic E-state index is -0.172. The molecule has 1 fully saturated rings. The fourth-order valence-electron chi connectivity index (χ4n) is 1.84. The van der Waals surface area contributed by atoms with E-state index in [0.717, 1.165) is 30.5 Å². The summed E-state index contributed by atoms with van der Waals surface area (Å²) in [7, 11) is 0. The highest BCUT2D eigenvalue weighted by atomic mass is 79.9. The summed E-state index contributed by atoms with van der Waals surface area (Å²) in [6.07, 6.45) is 2.55. The Morgan fingerprint density at radius 1 is 1.50 bits per heavy atom. The first kappa shape index (κ1) is 12.0. The maximum absolute atomic E-state index is 13.4. The van der Waals surface area contributed by atoms with Crippen LogP contribution in [-0.2, 0) is 11.3 Å². The lowest BCUT2D eigenvalue weighted by atomic mass is 10.2. The zero-order chi connectivity index (χ0) is 11.4. The van der Waals surface area contributed by atoms with Crippen molar-refractivity contribution in [1.29, 1.82) is 0 Å². The van der Waals surface area contributed by atoms with E-state index in [1.165, 1.54) is 6.07 Å². The number of hydrogen-bond acceptors (Lipinski definition) is 2. The summed E-state index contributed by atoms with van der Waals surface area (Å²) < 4.78 is 19.7. The number of hydrogen-bond donors (Lipinski definition) is 1. The number of benzene rings is 1. The average molecular weight is 288 g/mol. The van der Waals surface area contributed by atoms with Crippen LogP contribution in [0.25, 0.3) is 0 Å². The fourth-order valence-corrected chi connectivity index (χ4v) is 2.17. The van der Waals surface area contributed by atoms with Crippen LogP contribution in [0.15, 0.2) is 22.7 Å². The van der Waals surface area contributed by atoms with E-state index in [9.17, 15) is 4.39 Å². The van der Waals surface area contributed by atoms with E-state index in [0.29, 0.717) is 18.2 Å². The number of rotatable bonds is 4. The molecule has 0 aromatic heterocycles. The molecule has 4 heteroatoms. The standard InChI is InChI=1S/C12H15BrFNO/c13-10-4-3-9(12(14)6-10)7-15-8-11-2-1-5-16-11/h3-4,6,11,15H,1-2,5,7-8H2. The van der Waals surface area contributed by atoms with Crippen LogP contribution in [0.4, 0.5) is 4.39 Å². The molecule has 1 atom stereocenters. The molecule has 0 aliphatic carbocycles. The zero-order valence-electron chi connectivity index (χ0n) is 9.01. The molecule has 1 saturated heterocycles. The minimum Gasteiger partial charge on any atom is -0.377 e. The molecule has 0 amide bonds. The zero-order valence-corrected chi connectivity index (χ0v) is 10.6. The lowest BCUT2D eigenvalue weighted by molar-refractivity contribution is 0.110. The summed E-state index contributed by atoms with van der Waals surface area (Å²) >= 11 is 3.24. The number of halogens is 2. The first-order chi connectivity index (χ1) is 7.75. The molecule has 16 heavy (non-hydrogen) atoms. The highest BCUT2D eigenvalue weighted by Gasteiger charge is 2.14. The van der Waals surface area contributed by atoms with Gasteiger partial charge in [-0.1, -0.05) is 22.0 Å². The van der Waals surface area contributed by atoms with Crippen LogP contribution < -0.4 is 5.32 Å². The van der Waals surface area contributed by atoms with Crippen molar-refractivity contribution < 1.29 is 9.13 Å². The van der Waals surface area contributed by atoms with Gasteiger partial charge in [0.1, 0.15) is 5.82 Å². The van der Waals surface area contributed by atoms with Gasteiger partial charge in [-0.05, 0) is 25.0 Å². The monoisotopic (exact) mass is 287 g/mol. The third kappa shape index (κ3) is 3.27. The first-order valence-corrected chi connectivity index (χ1v) is 6.31. The highest BCUT2D eigenvalue weighted by Crippen LogP contribution is 2.15. The summed E-state index contributed by atoms with van der Waals surface area (Å²) in [5, 5.41) is 3.22. The number of ether oxygens (including phenoxy) is 1. The van der Waals surface area contributed by atoms with Crippen molar-refractivity contribution in [2.24, 2.45) is 0 Å². The summed E-state index contributed by atoms with van der Waals surface area (Å²) in [5.74, 6) is -0.172. The third-order valence-electron chi connectivity index (χ3n) is 2.73. The van der Waals surface area contributed by atoms with Crippen LogP contribution in [-0.4, -0.2) is 19.3 Å². The molecule has 0 saturated carbocycles. The van der Waals surface area contributed by atoms with Gasteiger partial charge in [0.25, 0.3) is 0 Å². The van der Waals surface area contributed by atoms with Crippen LogP contribution >= 0.6 is 15.9 Å². The van der Waals surface area contributed by atoms with Crippen LogP contribution in [0, 0.1) is 5.82 Å². The second-order valence-corrected chi connectivity index (χ2v) is 4.92. The van der Waals surface area contributed by atoms with Crippen LogP contribution in [0.3, 0.4) is 0 Å². The molecule has 0 radical (unpaired) electrons. The summed E-state index contributed by atoms with van der Waals surface area (Å²) in [5.41, 5.74) is 0.696. The van der Waals surface area contributed by atoms with E-state index in [4.69, 9.17) is 4.74 Å². The average Bonchev–Trinajstić information content (AvgIpc) is 2.74. The van der Waals surface area contributed by atoms with Crippen molar-refractivity contribution in [3.63, 3.8) is 0 Å². The van der Waals surface area contributed by atoms with Gasteiger partial charge in [-0.3, -0.25) is 0 Å². The Hall–Kier alpha value is -0.450. The molecule has 1 heterocycles. The van der Waals surface area contributed by atoms with Gasteiger partial charge >= 0.3 is 0 Å². The van der Waals surface area contributed by atoms with Gasteiger partial charge in [-0.2, -0.15) is 0 Å². The molecule has 1 aromatic carbocycles. The third-order valence-corrected chi connectivity index (χ3v) is 3.22. The molecule has 1 aromatic rings. The quantitative estimate of drug-likeness (QED) is 0.920. The predicted molar refractivity (Wildman–Crippen MR) is 64.8 cm³/mol. The van der Waals surface area contributed by atoms with Crippen molar-refractivity contribution in [3.05, 3.63) is 34.1 Å². The van der Waals surface area contributed by atoms with Crippen molar-refractivity contribution in [3.8, 4) is 0 Å². The van der Waals surface area contributed by atoms with Gasteiger partial charge in [-0.25, -0.2) is 4.39 Å². The highest BCUT2D eigenvalue weighted by molar-refractivity contribution is 9.10.